The van der Waals surface area contributed by atoms with E-state index in [1.54, 1.807) is 19.6 Å². The summed E-state index contributed by atoms with van der Waals surface area (Å²) in [6.45, 7) is 5.16. The third kappa shape index (κ3) is 35.1. The van der Waals surface area contributed by atoms with Crippen LogP contribution in [-0.4, -0.2) is 298 Å². The van der Waals surface area contributed by atoms with Crippen molar-refractivity contribution in [1.29, 1.82) is 0 Å². The van der Waals surface area contributed by atoms with Gasteiger partial charge in [0.15, 0.2) is 0 Å². The zero-order valence-corrected chi connectivity index (χ0v) is 53.0. The number of rotatable bonds is 46. The predicted molar refractivity (Wildman–Crippen MR) is 338 cm³/mol. The van der Waals surface area contributed by atoms with Gasteiger partial charge in [-0.1, -0.05) is 50.7 Å². The fourth-order valence-electron chi connectivity index (χ4n) is 10.6. The van der Waals surface area contributed by atoms with Crippen molar-refractivity contribution in [3.05, 3.63) is 29.8 Å². The number of aldehydes is 1. The minimum absolute atomic E-state index is 0.0770. The number of aromatic nitrogens is 3. The van der Waals surface area contributed by atoms with Crippen LogP contribution in [0, 0.1) is 0 Å². The number of carboxylic acid groups (broad SMARTS) is 7. The van der Waals surface area contributed by atoms with Crippen molar-refractivity contribution in [2.24, 2.45) is 0 Å². The van der Waals surface area contributed by atoms with E-state index in [1.807, 2.05) is 24.3 Å². The number of unbranched alkanes of at least 4 members (excludes halogenated alkanes) is 8. The largest absolute Gasteiger partial charge is 0.481 e. The lowest BCUT2D eigenvalue weighted by Gasteiger charge is -2.37. The summed E-state index contributed by atoms with van der Waals surface area (Å²) in [5.74, 6) is -6.78. The van der Waals surface area contributed by atoms with Gasteiger partial charge in [-0.3, -0.25) is 58.1 Å². The Balaban J connectivity index is 1.26. The van der Waals surface area contributed by atoms with Gasteiger partial charge in [0.2, 0.25) is 23.8 Å². The third-order valence-electron chi connectivity index (χ3n) is 15.5. The molecule has 4 rings (SSSR count). The maximum absolute atomic E-state index is 12.4. The first kappa shape index (κ1) is 77.5. The highest BCUT2D eigenvalue weighted by atomic mass is 16.5. The van der Waals surface area contributed by atoms with Gasteiger partial charge in [-0.15, -0.1) is 0 Å². The monoisotopic (exact) mass is 1320 g/mol. The summed E-state index contributed by atoms with van der Waals surface area (Å²) >= 11 is 0. The average molecular weight is 1320 g/mol. The van der Waals surface area contributed by atoms with Crippen molar-refractivity contribution in [3.63, 3.8) is 0 Å². The summed E-state index contributed by atoms with van der Waals surface area (Å²) in [4.78, 5) is 142. The number of hydrogen-bond acceptors (Lipinski definition) is 23. The summed E-state index contributed by atoms with van der Waals surface area (Å²) < 4.78 is 11.0. The molecule has 1 unspecified atom stereocenters. The second kappa shape index (κ2) is 44.6. The summed E-state index contributed by atoms with van der Waals surface area (Å²) in [5.41, 5.74) is 1.42. The van der Waals surface area contributed by atoms with Crippen LogP contribution in [0.4, 0.5) is 28.3 Å². The topological polar surface area (TPSA) is 449 Å². The maximum Gasteiger partial charge on any atom is 0.326 e. The van der Waals surface area contributed by atoms with Gasteiger partial charge in [-0.25, -0.2) is 9.59 Å². The van der Waals surface area contributed by atoms with E-state index < -0.39 is 72.5 Å². The molecule has 2 aromatic rings. The van der Waals surface area contributed by atoms with Crippen LogP contribution in [0.5, 0.6) is 0 Å². The zero-order chi connectivity index (χ0) is 67.8. The van der Waals surface area contributed by atoms with Crippen LogP contribution in [-0.2, 0) is 59.0 Å². The standard InChI is InChI=1S/C60H96N14O19/c75-43-46(17-18-50(77)78)64-60(91)65-48(56(89)90)11-8-9-20-61-49(76)12-7-5-3-1-2-4-6-10-22-69-27-30-73(31-28-69)59-67-57(62-21-34-93-36-35-92-33-19-51(79)80)66-58(68-59)63-45-15-13-44(14-16-45)37-47-38-72(41-54(85)86)26-25-70(39-52(81)82)23-24-71(40-53(83)84)29-32-74(47)42-55(87)88/h13-16,43,46-48H,1-12,17-42H2,(H,61,76)(H,77,78)(H,79,80)(H,81,82)(H,83,84)(H,85,86)(H,87,88)(H,89,90)(H2,64,65,91)(H2,62,63,66,67,68)/t46-,47?,48-/m0/s1. The molecule has 0 saturated carbocycles. The predicted octanol–water partition coefficient (Wildman–Crippen LogP) is 1.11. The van der Waals surface area contributed by atoms with Crippen molar-refractivity contribution < 1.29 is 93.2 Å². The summed E-state index contributed by atoms with van der Waals surface area (Å²) in [6, 6.07) is 3.64. The molecule has 2 saturated heterocycles. The quantitative estimate of drug-likeness (QED) is 0.0326. The minimum Gasteiger partial charge on any atom is -0.481 e. The molecular formula is C60H96N14O19. The molecule has 3 heterocycles. The molecule has 33 heteroatoms. The first-order valence-corrected chi connectivity index (χ1v) is 31.9. The number of carbonyl (C=O) groups is 10. The van der Waals surface area contributed by atoms with E-state index in [0.29, 0.717) is 69.3 Å². The van der Waals surface area contributed by atoms with Gasteiger partial charge in [-0.2, -0.15) is 15.0 Å². The van der Waals surface area contributed by atoms with Gasteiger partial charge >= 0.3 is 47.8 Å². The van der Waals surface area contributed by atoms with Gasteiger partial charge in [0.1, 0.15) is 12.3 Å². The number of aliphatic carboxylic acids is 7. The number of ether oxygens (including phenoxy) is 2. The van der Waals surface area contributed by atoms with Crippen LogP contribution >= 0.6 is 0 Å². The van der Waals surface area contributed by atoms with Gasteiger partial charge < -0.3 is 81.5 Å². The van der Waals surface area contributed by atoms with Crippen LogP contribution in [0.15, 0.2) is 24.3 Å². The first-order chi connectivity index (χ1) is 44.6. The number of piperazine rings is 1. The Morgan fingerprint density at radius 3 is 1.69 bits per heavy atom. The van der Waals surface area contributed by atoms with E-state index in [4.69, 9.17) is 29.7 Å². The zero-order valence-electron chi connectivity index (χ0n) is 53.0. The number of hydrogen-bond donors (Lipinski definition) is 12. The maximum atomic E-state index is 12.4. The van der Waals surface area contributed by atoms with Gasteiger partial charge in [-0.05, 0) is 69.2 Å². The van der Waals surface area contributed by atoms with E-state index in [2.05, 4.69) is 41.4 Å². The Labute approximate surface area is 540 Å². The number of anilines is 4. The van der Waals surface area contributed by atoms with Gasteiger partial charge in [0, 0.05) is 110 Å². The summed E-state index contributed by atoms with van der Waals surface area (Å²) in [7, 11) is 0. The normalized spacial score (nSPS) is 16.4. The highest BCUT2D eigenvalue weighted by molar-refractivity contribution is 5.84. The molecule has 0 bridgehead atoms. The SMILES string of the molecule is O=C[C@H](CCC(=O)O)NC(=O)N[C@@H](CCCCNC(=O)CCCCCCCCCCN1CCN(c2nc(NCCOCCOCCC(=O)O)nc(Nc3ccc(CC4CN(CC(=O)O)CCN(CC(=O)O)CCN(CC(=O)O)CCN4CC(=O)O)cc3)n2)CC1)C(=O)O. The van der Waals surface area contributed by atoms with Crippen LogP contribution in [0.25, 0.3) is 0 Å². The molecule has 2 aliphatic heterocycles. The van der Waals surface area contributed by atoms with Crippen molar-refractivity contribution >= 4 is 83.5 Å². The van der Waals surface area contributed by atoms with Gasteiger partial charge in [0.25, 0.3) is 0 Å². The highest BCUT2D eigenvalue weighted by Gasteiger charge is 2.29. The Kier molecular flexibility index (Phi) is 37.1. The molecule has 1 aromatic carbocycles. The Morgan fingerprint density at radius 2 is 1.09 bits per heavy atom. The molecule has 1 aromatic heterocycles. The molecule has 93 heavy (non-hydrogen) atoms. The number of carboxylic acids is 7. The second-order valence-electron chi connectivity index (χ2n) is 23.0. The van der Waals surface area contributed by atoms with Gasteiger partial charge in [0.05, 0.1) is 65.1 Å². The summed E-state index contributed by atoms with van der Waals surface area (Å²) in [6.07, 6.45) is 9.65. The number of amides is 3. The number of carbonyl (C=O) groups excluding carboxylic acids is 3. The minimum atomic E-state index is -1.26. The van der Waals surface area contributed by atoms with Crippen molar-refractivity contribution in [2.45, 2.75) is 121 Å². The number of nitrogens with one attached hydrogen (secondary N) is 5. The van der Waals surface area contributed by atoms with Crippen LogP contribution in [0.3, 0.4) is 0 Å². The lowest BCUT2D eigenvalue weighted by molar-refractivity contribution is -0.142. The molecular weight excluding hydrogens is 1220 g/mol. The molecule has 0 radical (unpaired) electrons. The second-order valence-corrected chi connectivity index (χ2v) is 23.0. The third-order valence-corrected chi connectivity index (χ3v) is 15.5. The molecule has 520 valence electrons. The van der Waals surface area contributed by atoms with Crippen molar-refractivity contribution in [3.8, 4) is 0 Å². The lowest BCUT2D eigenvalue weighted by Crippen LogP contribution is -2.53. The van der Waals surface area contributed by atoms with Crippen molar-refractivity contribution in [2.75, 3.05) is 160 Å². The van der Waals surface area contributed by atoms with Crippen LogP contribution < -0.4 is 31.5 Å². The molecule has 0 spiro atoms. The molecule has 3 atom stereocenters. The Hall–Kier alpha value is -7.95. The lowest BCUT2D eigenvalue weighted by atomic mass is 10.0. The number of nitrogens with zero attached hydrogens (tertiary/aromatic N) is 9. The fraction of sp³-hybridized carbons (Fsp3) is 0.683. The van der Waals surface area contributed by atoms with E-state index in [9.17, 15) is 73.5 Å². The van der Waals surface area contributed by atoms with E-state index in [-0.39, 0.29) is 136 Å². The molecule has 12 N–H and O–H groups in total. The first-order valence-electron chi connectivity index (χ1n) is 31.9. The van der Waals surface area contributed by atoms with Crippen LogP contribution in [0.1, 0.15) is 102 Å². The molecule has 0 aliphatic carbocycles. The average Bonchev–Trinajstić information content (AvgIpc) is 1.02. The Morgan fingerprint density at radius 1 is 0.527 bits per heavy atom. The van der Waals surface area contributed by atoms with Crippen LogP contribution in [0.2, 0.25) is 0 Å². The molecule has 2 aliphatic rings. The van der Waals surface area contributed by atoms with E-state index >= 15 is 0 Å². The smallest absolute Gasteiger partial charge is 0.326 e. The van der Waals surface area contributed by atoms with E-state index in [0.717, 1.165) is 76.6 Å². The molecule has 33 nitrogen and oxygen atoms in total. The fourth-order valence-corrected chi connectivity index (χ4v) is 10.6. The highest BCUT2D eigenvalue weighted by Crippen LogP contribution is 2.22. The van der Waals surface area contributed by atoms with E-state index in [1.165, 1.54) is 0 Å². The molecule has 2 fully saturated rings. The molecule has 3 amide bonds. The van der Waals surface area contributed by atoms with Crippen molar-refractivity contribution in [1.82, 2.24) is 55.4 Å². The number of benzene rings is 1. The Bertz CT molecular complexity index is 2640. The number of urea groups is 1. The summed E-state index contributed by atoms with van der Waals surface area (Å²) in [5, 5.41) is 80.3.